The Balaban J connectivity index is 1.68. The molecule has 0 spiro atoms. The van der Waals surface area contributed by atoms with E-state index in [1.807, 2.05) is 13.8 Å². The van der Waals surface area contributed by atoms with E-state index < -0.39 is 5.60 Å². The molecule has 0 aromatic carbocycles. The first-order chi connectivity index (χ1) is 8.97. The van der Waals surface area contributed by atoms with Gasteiger partial charge in [0, 0.05) is 32.2 Å². The second-order valence-corrected chi connectivity index (χ2v) is 6.85. The van der Waals surface area contributed by atoms with Crippen molar-refractivity contribution in [3.63, 3.8) is 0 Å². The minimum Gasteiger partial charge on any atom is -0.389 e. The van der Waals surface area contributed by atoms with Gasteiger partial charge in [0.05, 0.1) is 5.60 Å². The van der Waals surface area contributed by atoms with Gasteiger partial charge in [0.25, 0.3) is 0 Å². The lowest BCUT2D eigenvalue weighted by molar-refractivity contribution is -0.00357. The SMILES string of the molecule is CN1CCN(CCCN2CCCC2C(C)(C)O)CC1. The lowest BCUT2D eigenvalue weighted by atomic mass is 9.96. The molecule has 0 radical (unpaired) electrons. The summed E-state index contributed by atoms with van der Waals surface area (Å²) in [6, 6.07) is 0.361. The Morgan fingerprint density at radius 2 is 1.74 bits per heavy atom. The standard InChI is InChI=1S/C15H31N3O/c1-15(2,19)14-6-4-8-18(14)9-5-7-17-12-10-16(3)11-13-17/h14,19H,4-13H2,1-3H3. The van der Waals surface area contributed by atoms with E-state index in [-0.39, 0.29) is 0 Å². The highest BCUT2D eigenvalue weighted by atomic mass is 16.3. The van der Waals surface area contributed by atoms with Crippen LogP contribution in [0.25, 0.3) is 0 Å². The predicted molar refractivity (Wildman–Crippen MR) is 79.4 cm³/mol. The molecule has 2 heterocycles. The summed E-state index contributed by atoms with van der Waals surface area (Å²) in [7, 11) is 2.20. The summed E-state index contributed by atoms with van der Waals surface area (Å²) in [5.41, 5.74) is -0.551. The molecule has 0 bridgehead atoms. The van der Waals surface area contributed by atoms with Gasteiger partial charge in [-0.25, -0.2) is 0 Å². The summed E-state index contributed by atoms with van der Waals surface area (Å²) in [4.78, 5) is 7.48. The zero-order chi connectivity index (χ0) is 13.9. The first kappa shape index (κ1) is 15.2. The molecule has 2 saturated heterocycles. The van der Waals surface area contributed by atoms with E-state index in [0.29, 0.717) is 6.04 Å². The van der Waals surface area contributed by atoms with Gasteiger partial charge in [-0.05, 0) is 59.8 Å². The largest absolute Gasteiger partial charge is 0.389 e. The van der Waals surface area contributed by atoms with E-state index in [4.69, 9.17) is 0 Å². The van der Waals surface area contributed by atoms with Crippen molar-refractivity contribution in [1.82, 2.24) is 14.7 Å². The predicted octanol–water partition coefficient (Wildman–Crippen LogP) is 0.859. The summed E-state index contributed by atoms with van der Waals surface area (Å²) in [6.45, 7) is 12.3. The number of likely N-dealkylation sites (tertiary alicyclic amines) is 1. The summed E-state index contributed by atoms with van der Waals surface area (Å²) in [6.07, 6.45) is 3.62. The molecule has 2 rings (SSSR count). The zero-order valence-electron chi connectivity index (χ0n) is 12.9. The molecule has 2 aliphatic rings. The van der Waals surface area contributed by atoms with E-state index in [1.54, 1.807) is 0 Å². The summed E-state index contributed by atoms with van der Waals surface area (Å²) in [5.74, 6) is 0. The first-order valence-electron chi connectivity index (χ1n) is 7.84. The molecule has 0 saturated carbocycles. The molecule has 0 aromatic rings. The third kappa shape index (κ3) is 4.42. The Hall–Kier alpha value is -0.160. The first-order valence-corrected chi connectivity index (χ1v) is 7.84. The summed E-state index contributed by atoms with van der Waals surface area (Å²) in [5, 5.41) is 10.2. The molecule has 2 fully saturated rings. The van der Waals surface area contributed by atoms with Crippen LogP contribution in [0.4, 0.5) is 0 Å². The van der Waals surface area contributed by atoms with Crippen LogP contribution in [0.1, 0.15) is 33.1 Å². The highest BCUT2D eigenvalue weighted by Crippen LogP contribution is 2.26. The second-order valence-electron chi connectivity index (χ2n) is 6.85. The molecule has 19 heavy (non-hydrogen) atoms. The van der Waals surface area contributed by atoms with Crippen molar-refractivity contribution in [3.05, 3.63) is 0 Å². The van der Waals surface area contributed by atoms with Crippen LogP contribution in [0, 0.1) is 0 Å². The molecule has 0 aliphatic carbocycles. The van der Waals surface area contributed by atoms with E-state index in [2.05, 4.69) is 21.7 Å². The minimum absolute atomic E-state index is 0.361. The highest BCUT2D eigenvalue weighted by Gasteiger charge is 2.35. The molecule has 1 atom stereocenters. The lowest BCUT2D eigenvalue weighted by Crippen LogP contribution is -2.47. The van der Waals surface area contributed by atoms with Crippen molar-refractivity contribution in [1.29, 1.82) is 0 Å². The van der Waals surface area contributed by atoms with Gasteiger partial charge >= 0.3 is 0 Å². The average molecular weight is 269 g/mol. The smallest absolute Gasteiger partial charge is 0.0746 e. The van der Waals surface area contributed by atoms with Crippen LogP contribution in [0.5, 0.6) is 0 Å². The van der Waals surface area contributed by atoms with Crippen molar-refractivity contribution < 1.29 is 5.11 Å². The second kappa shape index (κ2) is 6.53. The molecular weight excluding hydrogens is 238 g/mol. The van der Waals surface area contributed by atoms with Crippen molar-refractivity contribution in [2.24, 2.45) is 0 Å². The number of hydrogen-bond donors (Lipinski definition) is 1. The molecular formula is C15H31N3O. The summed E-state index contributed by atoms with van der Waals surface area (Å²) < 4.78 is 0. The van der Waals surface area contributed by atoms with Gasteiger partial charge in [-0.1, -0.05) is 0 Å². The van der Waals surface area contributed by atoms with Crippen molar-refractivity contribution in [2.45, 2.75) is 44.8 Å². The topological polar surface area (TPSA) is 30.0 Å². The molecule has 2 aliphatic heterocycles. The Labute approximate surface area is 118 Å². The molecule has 112 valence electrons. The van der Waals surface area contributed by atoms with Gasteiger partial charge in [-0.15, -0.1) is 0 Å². The fraction of sp³-hybridized carbons (Fsp3) is 1.00. The maximum atomic E-state index is 10.2. The van der Waals surface area contributed by atoms with Crippen LogP contribution in [0.3, 0.4) is 0 Å². The Morgan fingerprint density at radius 1 is 1.05 bits per heavy atom. The Bertz CT molecular complexity index is 269. The molecule has 0 aromatic heterocycles. The number of likely N-dealkylation sites (N-methyl/N-ethyl adjacent to an activating group) is 1. The van der Waals surface area contributed by atoms with Crippen LogP contribution in [-0.4, -0.2) is 84.3 Å². The van der Waals surface area contributed by atoms with Crippen molar-refractivity contribution in [2.75, 3.05) is 52.9 Å². The monoisotopic (exact) mass is 269 g/mol. The maximum absolute atomic E-state index is 10.2. The van der Waals surface area contributed by atoms with E-state index in [1.165, 1.54) is 45.6 Å². The number of rotatable bonds is 5. The van der Waals surface area contributed by atoms with Crippen LogP contribution in [0.2, 0.25) is 0 Å². The van der Waals surface area contributed by atoms with Gasteiger partial charge in [-0.3, -0.25) is 4.90 Å². The van der Waals surface area contributed by atoms with Crippen LogP contribution >= 0.6 is 0 Å². The van der Waals surface area contributed by atoms with Crippen LogP contribution < -0.4 is 0 Å². The fourth-order valence-electron chi connectivity index (χ4n) is 3.46. The molecule has 1 N–H and O–H groups in total. The van der Waals surface area contributed by atoms with Gasteiger partial charge in [0.1, 0.15) is 0 Å². The minimum atomic E-state index is -0.551. The number of aliphatic hydroxyl groups is 1. The molecule has 1 unspecified atom stereocenters. The third-order valence-electron chi connectivity index (χ3n) is 4.69. The van der Waals surface area contributed by atoms with Crippen LogP contribution in [-0.2, 0) is 0 Å². The number of piperazine rings is 1. The van der Waals surface area contributed by atoms with Gasteiger partial charge in [0.15, 0.2) is 0 Å². The van der Waals surface area contributed by atoms with E-state index in [0.717, 1.165) is 19.5 Å². The van der Waals surface area contributed by atoms with Gasteiger partial charge < -0.3 is 14.9 Å². The summed E-state index contributed by atoms with van der Waals surface area (Å²) >= 11 is 0. The highest BCUT2D eigenvalue weighted by molar-refractivity contribution is 4.90. The van der Waals surface area contributed by atoms with Crippen molar-refractivity contribution in [3.8, 4) is 0 Å². The van der Waals surface area contributed by atoms with E-state index in [9.17, 15) is 5.11 Å². The molecule has 0 amide bonds. The Morgan fingerprint density at radius 3 is 2.37 bits per heavy atom. The van der Waals surface area contributed by atoms with Crippen molar-refractivity contribution >= 4 is 0 Å². The fourth-order valence-corrected chi connectivity index (χ4v) is 3.46. The zero-order valence-corrected chi connectivity index (χ0v) is 12.9. The average Bonchev–Trinajstić information content (AvgIpc) is 2.80. The third-order valence-corrected chi connectivity index (χ3v) is 4.69. The number of nitrogens with zero attached hydrogens (tertiary/aromatic N) is 3. The maximum Gasteiger partial charge on any atom is 0.0746 e. The molecule has 4 heteroatoms. The van der Waals surface area contributed by atoms with Gasteiger partial charge in [-0.2, -0.15) is 0 Å². The Kier molecular flexibility index (Phi) is 5.23. The normalized spacial score (nSPS) is 28.1. The van der Waals surface area contributed by atoms with Crippen LogP contribution in [0.15, 0.2) is 0 Å². The van der Waals surface area contributed by atoms with E-state index >= 15 is 0 Å². The number of hydrogen-bond acceptors (Lipinski definition) is 4. The quantitative estimate of drug-likeness (QED) is 0.802. The molecule has 4 nitrogen and oxygen atoms in total. The van der Waals surface area contributed by atoms with Gasteiger partial charge in [0.2, 0.25) is 0 Å². The lowest BCUT2D eigenvalue weighted by Gasteiger charge is -2.35.